The van der Waals surface area contributed by atoms with Crippen LogP contribution in [0.2, 0.25) is 0 Å². The second-order valence-electron chi connectivity index (χ2n) is 21.7. The van der Waals surface area contributed by atoms with Crippen LogP contribution in [0.1, 0.15) is 145 Å². The Balaban J connectivity index is 0.000000203. The molecule has 5 aromatic rings. The molecule has 14 bridgehead atoms. The summed E-state index contributed by atoms with van der Waals surface area (Å²) in [4.78, 5) is 73.4. The molecule has 0 aromatic carbocycles. The third kappa shape index (κ3) is 11.4. The summed E-state index contributed by atoms with van der Waals surface area (Å²) in [6.07, 6.45) is 16.9. The number of carboxylic acid groups (broad SMARTS) is 4. The largest absolute Gasteiger partial charge is 4.00 e. The molecule has 0 spiro atoms. The third-order valence-corrected chi connectivity index (χ3v) is 18.3. The van der Waals surface area contributed by atoms with Gasteiger partial charge in [0.25, 0.3) is 0 Å². The molecule has 0 unspecified atom stereocenters. The van der Waals surface area contributed by atoms with Gasteiger partial charge in [-0.05, 0) is 98.2 Å². The van der Waals surface area contributed by atoms with Gasteiger partial charge in [0, 0.05) is 46.0 Å². The van der Waals surface area contributed by atoms with Crippen LogP contribution in [0, 0.1) is 27.7 Å². The summed E-state index contributed by atoms with van der Waals surface area (Å²) < 4.78 is 4.47. The van der Waals surface area contributed by atoms with Crippen LogP contribution in [0.3, 0.4) is 0 Å². The zero-order valence-electron chi connectivity index (χ0n) is 49.4. The molecule has 0 fully saturated rings. The Morgan fingerprint density at radius 2 is 1.00 bits per heavy atom. The Morgan fingerprint density at radius 3 is 1.64 bits per heavy atom. The van der Waals surface area contributed by atoms with E-state index in [0.29, 0.717) is 52.5 Å². The van der Waals surface area contributed by atoms with Crippen LogP contribution in [0.25, 0.3) is 80.8 Å². The molecule has 0 atom stereocenters. The van der Waals surface area contributed by atoms with Crippen molar-refractivity contribution < 1.29 is 55.0 Å². The second kappa shape index (κ2) is 24.8. The summed E-state index contributed by atoms with van der Waals surface area (Å²) in [5, 5.41) is 39.9. The Kier molecular flexibility index (Phi) is 17.9. The molecular weight excluding hydrogens is 1320 g/mol. The second-order valence-corrected chi connectivity index (χ2v) is 22.9. The van der Waals surface area contributed by atoms with E-state index < -0.39 is 23.9 Å². The number of nitrogens with zero attached hydrogens (tertiary/aromatic N) is 6. The van der Waals surface area contributed by atoms with Crippen molar-refractivity contribution in [2.45, 2.75) is 107 Å². The molecule has 18 heteroatoms. The minimum atomic E-state index is -0.883. The first kappa shape index (κ1) is 62.0. The maximum absolute atomic E-state index is 11.8. The number of fused-ring (bicyclic) bond motifs is 10. The number of carboxylic acids is 4. The van der Waals surface area contributed by atoms with Crippen molar-refractivity contribution in [1.29, 1.82) is 0 Å². The summed E-state index contributed by atoms with van der Waals surface area (Å²) in [6, 6.07) is 7.88. The average molecular weight is 1390 g/mol. The molecule has 434 valence electrons. The third-order valence-electron chi connectivity index (χ3n) is 16.8. The Labute approximate surface area is 524 Å². The summed E-state index contributed by atoms with van der Waals surface area (Å²) in [5.74, 6) is -3.50. The molecule has 0 saturated heterocycles. The van der Waals surface area contributed by atoms with Crippen molar-refractivity contribution in [3.05, 3.63) is 186 Å². The molecule has 11 heterocycles. The van der Waals surface area contributed by atoms with Crippen LogP contribution in [0.5, 0.6) is 0 Å². The number of allylic oxidation sites excluding steroid dienone is 9. The molecule has 6 N–H and O–H groups in total. The van der Waals surface area contributed by atoms with Crippen LogP contribution in [-0.2, 0) is 47.4 Å². The Bertz CT molecular complexity index is 4520. The summed E-state index contributed by atoms with van der Waals surface area (Å²) in [6.45, 7) is 32.4. The number of aliphatic imine (C=N–C) groups is 2. The molecule has 11 rings (SSSR count). The number of aromatic amines is 2. The molecule has 0 amide bonds. The van der Waals surface area contributed by atoms with Gasteiger partial charge in [0.15, 0.2) is 0 Å². The fourth-order valence-corrected chi connectivity index (χ4v) is 13.5. The number of nitrogens with one attached hydrogen (secondary N) is 2. The number of aromatic nitrogens is 6. The summed E-state index contributed by atoms with van der Waals surface area (Å²) >= 11 is 0.463. The van der Waals surface area contributed by atoms with E-state index in [9.17, 15) is 39.6 Å². The van der Waals surface area contributed by atoms with Gasteiger partial charge in [-0.15, -0.1) is 0 Å². The molecule has 5 aromatic heterocycles. The number of carbonyl (C=O) groups is 4. The van der Waals surface area contributed by atoms with E-state index in [2.05, 4.69) is 68.6 Å². The maximum atomic E-state index is 11.8. The number of hydrogen-bond acceptors (Lipinski definition) is 8. The first-order valence-corrected chi connectivity index (χ1v) is 28.9. The van der Waals surface area contributed by atoms with Gasteiger partial charge in [-0.1, -0.05) is 25.3 Å². The molecule has 6 aliphatic heterocycles. The fraction of sp³-hybridized carbons (Fsp3) is 0.235. The quantitative estimate of drug-likeness (QED) is 0.0511. The van der Waals surface area contributed by atoms with Gasteiger partial charge in [-0.25, -0.2) is 9.97 Å². The van der Waals surface area contributed by atoms with Gasteiger partial charge in [-0.3, -0.25) is 9.59 Å². The number of H-pyrrole nitrogens is 2. The summed E-state index contributed by atoms with van der Waals surface area (Å²) in [7, 11) is 0. The van der Waals surface area contributed by atoms with Crippen molar-refractivity contribution in [2.75, 3.05) is 0 Å². The van der Waals surface area contributed by atoms with Crippen LogP contribution < -0.4 is 10.7 Å². The minimum absolute atomic E-state index is 0. The predicted octanol–water partition coefficient (Wildman–Crippen LogP) is 11.9. The molecule has 6 aliphatic rings. The van der Waals surface area contributed by atoms with Gasteiger partial charge < -0.3 is 20.2 Å². The van der Waals surface area contributed by atoms with Gasteiger partial charge in [0.1, 0.15) is 0 Å². The van der Waals surface area contributed by atoms with Gasteiger partial charge in [0.05, 0.1) is 22.8 Å². The van der Waals surface area contributed by atoms with Crippen LogP contribution >= 0.6 is 0 Å². The Hall–Kier alpha value is -8.52. The van der Waals surface area contributed by atoms with Gasteiger partial charge >= 0.3 is 296 Å². The van der Waals surface area contributed by atoms with Crippen molar-refractivity contribution in [3.63, 3.8) is 0 Å². The van der Waals surface area contributed by atoms with E-state index >= 15 is 0 Å². The number of aryl methyl sites for hydroxylation is 3. The minimum Gasteiger partial charge on any atom is -0.481 e. The van der Waals surface area contributed by atoms with E-state index in [1.54, 1.807) is 6.08 Å². The van der Waals surface area contributed by atoms with E-state index in [0.717, 1.165) is 167 Å². The van der Waals surface area contributed by atoms with Crippen molar-refractivity contribution >= 4 is 143 Å². The normalized spacial score (nSPS) is 16.7. The standard InChI is InChI=1S/2C34H34N4O4.Fe.Pb/c2*1-7-21-17(3)25-13-26-19(5)23(9-11-33(39)40)31(37-26)16-32-24(10-12-34(41)42)20(6)28(38-32)15-30-22(8-2)18(4)27(36-30)14-29(21)35-25;;/h7-8,13-16H,1-2,9-12H2,3-6H3,(H4,35,36,37,38,39,40,41,42);7-8,13-16,35,38H,1-2,9-12H2,3-6H3,(H,39,40)(H,41,42);;/q;;+2;+4/p-2/b25-13?,26-13-,27-14?,28-15-,29-14-,30-15?,31-16-,32-16?;;;. The number of hydrogen-bond donors (Lipinski definition) is 6. The Morgan fingerprint density at radius 1 is 0.477 bits per heavy atom. The van der Waals surface area contributed by atoms with Crippen molar-refractivity contribution in [3.8, 4) is 0 Å². The molecule has 16 nitrogen and oxygen atoms in total. The number of rotatable bonds is 16. The molecule has 0 aliphatic carbocycles. The number of aliphatic carboxylic acids is 4. The fourth-order valence-electron chi connectivity index (χ4n) is 11.9. The van der Waals surface area contributed by atoms with Crippen LogP contribution in [0.15, 0.2) is 106 Å². The van der Waals surface area contributed by atoms with Crippen molar-refractivity contribution in [1.82, 2.24) is 27.1 Å². The molecule has 0 saturated carbocycles. The summed E-state index contributed by atoms with van der Waals surface area (Å²) in [5.41, 5.74) is 26.6. The van der Waals surface area contributed by atoms with E-state index in [1.165, 1.54) is 0 Å². The topological polar surface area (TPSA) is 241 Å². The molecular formula is C68H66FeN8O8Pb+4. The zero-order chi connectivity index (χ0) is 61.0. The first-order chi connectivity index (χ1) is 40.5. The smallest absolute Gasteiger partial charge is 0.481 e. The monoisotopic (exact) mass is 1390 g/mol. The first-order valence-electron chi connectivity index (χ1n) is 27.9. The van der Waals surface area contributed by atoms with E-state index in [-0.39, 0.29) is 53.0 Å². The van der Waals surface area contributed by atoms with E-state index in [4.69, 9.17) is 20.0 Å². The predicted molar refractivity (Wildman–Crippen MR) is 341 cm³/mol. The van der Waals surface area contributed by atoms with Gasteiger partial charge in [-0.2, -0.15) is 0 Å². The average Bonchev–Trinajstić information content (AvgIpc) is 1.95. The van der Waals surface area contributed by atoms with Crippen LogP contribution in [0.4, 0.5) is 0 Å². The molecule has 86 heavy (non-hydrogen) atoms. The SMILES string of the molecule is C=CC1=C(C)C2=NC/1=C\c1c(C)c(C=C)c3[n]1[Fe][n]1/c(c(C)c(CCC(=O)O)/c1=C/C1=NC(=C\3)/C(C)=C1CCC(=O)O)=C\2.C=CC1=C(C)c2cc3[nH]c(cc4nc(cc5[nH]c(cc1n2)c(C)c5CCC(=O)O)C(CCC(=O)O)=C4C)c(C)c3C=C.[Pb+4]. The van der Waals surface area contributed by atoms with Crippen molar-refractivity contribution in [2.24, 2.45) is 9.98 Å². The van der Waals surface area contributed by atoms with Crippen LogP contribution in [-0.4, -0.2) is 110 Å². The molecule has 0 radical (unpaired) electrons. The zero-order valence-corrected chi connectivity index (χ0v) is 54.4. The maximum Gasteiger partial charge on any atom is 4.00 e. The van der Waals surface area contributed by atoms with Gasteiger partial charge in [0.2, 0.25) is 0 Å². The van der Waals surface area contributed by atoms with E-state index in [1.807, 2.05) is 97.0 Å².